The van der Waals surface area contributed by atoms with Crippen LogP contribution in [0.5, 0.6) is 0 Å². The molecule has 0 saturated heterocycles. The third-order valence-electron chi connectivity index (χ3n) is 2.18. The van der Waals surface area contributed by atoms with Gasteiger partial charge in [0.05, 0.1) is 13.2 Å². The predicted molar refractivity (Wildman–Crippen MR) is 66.5 cm³/mol. The number of rotatable bonds is 8. The van der Waals surface area contributed by atoms with Crippen molar-refractivity contribution in [3.05, 3.63) is 35.9 Å². The quantitative estimate of drug-likeness (QED) is 0.318. The summed E-state index contributed by atoms with van der Waals surface area (Å²) in [4.78, 5) is 23.0. The second kappa shape index (κ2) is 8.38. The Morgan fingerprint density at radius 3 is 2.50 bits per heavy atom. The minimum atomic E-state index is -0.849. The minimum absolute atomic E-state index is 0.0844. The molecule has 0 radical (unpaired) electrons. The van der Waals surface area contributed by atoms with Crippen molar-refractivity contribution in [2.45, 2.75) is 0 Å². The highest BCUT2D eigenvalue weighted by molar-refractivity contribution is 6.40. The molecule has 1 N–H and O–H groups in total. The third kappa shape index (κ3) is 5.07. The smallest absolute Gasteiger partial charge is 0.379 e. The monoisotopic (exact) mass is 251 g/mol. The van der Waals surface area contributed by atoms with Crippen molar-refractivity contribution < 1.29 is 19.1 Å². The molecule has 0 unspecified atom stereocenters. The lowest BCUT2D eigenvalue weighted by Crippen LogP contribution is -2.21. The van der Waals surface area contributed by atoms with Gasteiger partial charge in [-0.3, -0.25) is 4.79 Å². The average molecular weight is 251 g/mol. The van der Waals surface area contributed by atoms with Crippen LogP contribution in [0.2, 0.25) is 0 Å². The van der Waals surface area contributed by atoms with Crippen molar-refractivity contribution in [3.8, 4) is 0 Å². The molecule has 1 rings (SSSR count). The average Bonchev–Trinajstić information content (AvgIpc) is 2.42. The third-order valence-corrected chi connectivity index (χ3v) is 2.18. The van der Waals surface area contributed by atoms with Gasteiger partial charge in [0.1, 0.15) is 6.61 Å². The van der Waals surface area contributed by atoms with E-state index in [4.69, 9.17) is 9.47 Å². The molecule has 98 valence electrons. The number of benzene rings is 1. The van der Waals surface area contributed by atoms with Gasteiger partial charge in [-0.05, 0) is 7.05 Å². The number of nitrogens with one attached hydrogen (secondary N) is 1. The highest BCUT2D eigenvalue weighted by atomic mass is 16.6. The standard InChI is InChI=1S/C13H17NO4/c1-14-7-8-17-9-10-18-13(16)12(15)11-5-3-2-4-6-11/h2-6,14H,7-10H2,1H3. The van der Waals surface area contributed by atoms with Gasteiger partial charge in [-0.1, -0.05) is 30.3 Å². The van der Waals surface area contributed by atoms with Crippen LogP contribution in [0.25, 0.3) is 0 Å². The summed E-state index contributed by atoms with van der Waals surface area (Å²) in [7, 11) is 1.82. The number of carbonyl (C=O) groups is 2. The molecule has 0 spiro atoms. The number of likely N-dealkylation sites (N-methyl/N-ethyl adjacent to an activating group) is 1. The van der Waals surface area contributed by atoms with Crippen LogP contribution in [0, 0.1) is 0 Å². The summed E-state index contributed by atoms with van der Waals surface area (Å²) in [6, 6.07) is 8.32. The molecule has 0 amide bonds. The Labute approximate surface area is 106 Å². The number of carbonyl (C=O) groups excluding carboxylic acids is 2. The molecule has 0 saturated carbocycles. The number of ether oxygens (including phenoxy) is 2. The Kier molecular flexibility index (Phi) is 6.68. The summed E-state index contributed by atoms with van der Waals surface area (Å²) >= 11 is 0. The molecule has 0 atom stereocenters. The first-order valence-electron chi connectivity index (χ1n) is 5.74. The van der Waals surface area contributed by atoms with E-state index in [9.17, 15) is 9.59 Å². The van der Waals surface area contributed by atoms with Crippen LogP contribution in [0.3, 0.4) is 0 Å². The molecule has 5 nitrogen and oxygen atoms in total. The number of hydrogen-bond donors (Lipinski definition) is 1. The second-order valence-electron chi connectivity index (χ2n) is 3.55. The molecule has 1 aromatic rings. The SMILES string of the molecule is CNCCOCCOC(=O)C(=O)c1ccccc1. The van der Waals surface area contributed by atoms with Gasteiger partial charge < -0.3 is 14.8 Å². The van der Waals surface area contributed by atoms with E-state index >= 15 is 0 Å². The van der Waals surface area contributed by atoms with E-state index in [0.717, 1.165) is 6.54 Å². The van der Waals surface area contributed by atoms with Crippen LogP contribution in [-0.2, 0) is 14.3 Å². The van der Waals surface area contributed by atoms with Gasteiger partial charge in [-0.2, -0.15) is 0 Å². The number of esters is 1. The molecular weight excluding hydrogens is 234 g/mol. The lowest BCUT2D eigenvalue weighted by atomic mass is 10.1. The van der Waals surface area contributed by atoms with Gasteiger partial charge in [0.15, 0.2) is 0 Å². The van der Waals surface area contributed by atoms with Crippen molar-refractivity contribution in [1.29, 1.82) is 0 Å². The van der Waals surface area contributed by atoms with Crippen molar-refractivity contribution in [2.75, 3.05) is 33.4 Å². The summed E-state index contributed by atoms with van der Waals surface area (Å²) in [6.07, 6.45) is 0. The Hall–Kier alpha value is -1.72. The van der Waals surface area contributed by atoms with Crippen LogP contribution in [0.4, 0.5) is 0 Å². The molecule has 0 aliphatic rings. The highest BCUT2D eigenvalue weighted by Gasteiger charge is 2.16. The van der Waals surface area contributed by atoms with E-state index < -0.39 is 11.8 Å². The maximum Gasteiger partial charge on any atom is 0.379 e. The summed E-state index contributed by atoms with van der Waals surface area (Å²) in [5.41, 5.74) is 0.332. The first-order valence-corrected chi connectivity index (χ1v) is 5.74. The van der Waals surface area contributed by atoms with Crippen molar-refractivity contribution in [2.24, 2.45) is 0 Å². The van der Waals surface area contributed by atoms with Gasteiger partial charge in [0, 0.05) is 12.1 Å². The zero-order valence-corrected chi connectivity index (χ0v) is 10.3. The van der Waals surface area contributed by atoms with Gasteiger partial charge >= 0.3 is 5.97 Å². The Morgan fingerprint density at radius 1 is 1.11 bits per heavy atom. The minimum Gasteiger partial charge on any atom is -0.457 e. The van der Waals surface area contributed by atoms with Crippen LogP contribution >= 0.6 is 0 Å². The van der Waals surface area contributed by atoms with E-state index in [-0.39, 0.29) is 13.2 Å². The first-order chi connectivity index (χ1) is 8.75. The van der Waals surface area contributed by atoms with E-state index in [1.165, 1.54) is 0 Å². The molecule has 0 aliphatic carbocycles. The van der Waals surface area contributed by atoms with Gasteiger partial charge in [0.2, 0.25) is 0 Å². The highest BCUT2D eigenvalue weighted by Crippen LogP contribution is 2.01. The van der Waals surface area contributed by atoms with Gasteiger partial charge in [0.25, 0.3) is 5.78 Å². The number of hydrogen-bond acceptors (Lipinski definition) is 5. The Morgan fingerprint density at radius 2 is 1.83 bits per heavy atom. The normalized spacial score (nSPS) is 10.1. The molecule has 5 heteroatoms. The molecule has 0 heterocycles. The van der Waals surface area contributed by atoms with Crippen molar-refractivity contribution in [1.82, 2.24) is 5.32 Å². The fourth-order valence-electron chi connectivity index (χ4n) is 1.24. The number of Topliss-reactive ketones (excluding diaryl/α,β-unsaturated/α-hetero) is 1. The maximum absolute atomic E-state index is 11.6. The maximum atomic E-state index is 11.6. The second-order valence-corrected chi connectivity index (χ2v) is 3.55. The summed E-state index contributed by atoms with van der Waals surface area (Å²) in [5, 5.41) is 2.92. The molecule has 0 aliphatic heterocycles. The summed E-state index contributed by atoms with van der Waals surface area (Å²) in [6.45, 7) is 1.65. The largest absolute Gasteiger partial charge is 0.457 e. The number of ketones is 1. The topological polar surface area (TPSA) is 64.6 Å². The summed E-state index contributed by atoms with van der Waals surface area (Å²) < 4.78 is 9.96. The predicted octanol–water partition coefficient (Wildman–Crippen LogP) is 0.648. The van der Waals surface area contributed by atoms with E-state index in [0.29, 0.717) is 12.2 Å². The molecular formula is C13H17NO4. The van der Waals surface area contributed by atoms with Gasteiger partial charge in [-0.25, -0.2) is 4.79 Å². The van der Waals surface area contributed by atoms with E-state index in [1.807, 2.05) is 7.05 Å². The van der Waals surface area contributed by atoms with Crippen LogP contribution in [0.1, 0.15) is 10.4 Å². The van der Waals surface area contributed by atoms with Crippen LogP contribution in [-0.4, -0.2) is 45.2 Å². The van der Waals surface area contributed by atoms with E-state index in [2.05, 4.69) is 5.32 Å². The summed E-state index contributed by atoms with van der Waals surface area (Å²) in [5.74, 6) is -1.48. The van der Waals surface area contributed by atoms with Crippen molar-refractivity contribution in [3.63, 3.8) is 0 Å². The Bertz CT molecular complexity index is 378. The van der Waals surface area contributed by atoms with E-state index in [1.54, 1.807) is 30.3 Å². The zero-order valence-electron chi connectivity index (χ0n) is 10.3. The molecule has 0 aromatic heterocycles. The molecule has 1 aromatic carbocycles. The lowest BCUT2D eigenvalue weighted by molar-refractivity contribution is -0.139. The van der Waals surface area contributed by atoms with Gasteiger partial charge in [-0.15, -0.1) is 0 Å². The fraction of sp³-hybridized carbons (Fsp3) is 0.385. The molecule has 0 fully saturated rings. The lowest BCUT2D eigenvalue weighted by Gasteiger charge is -2.05. The molecule has 0 bridgehead atoms. The van der Waals surface area contributed by atoms with Crippen LogP contribution in [0.15, 0.2) is 30.3 Å². The molecule has 18 heavy (non-hydrogen) atoms. The Balaban J connectivity index is 2.23. The van der Waals surface area contributed by atoms with Crippen LogP contribution < -0.4 is 5.32 Å². The van der Waals surface area contributed by atoms with Crippen molar-refractivity contribution >= 4 is 11.8 Å². The first kappa shape index (κ1) is 14.3. The fourth-order valence-corrected chi connectivity index (χ4v) is 1.24. The zero-order chi connectivity index (χ0) is 13.2.